The Balaban J connectivity index is 1.55. The lowest BCUT2D eigenvalue weighted by molar-refractivity contribution is 0.0162. The van der Waals surface area contributed by atoms with Crippen LogP contribution in [0.25, 0.3) is 10.1 Å². The zero-order chi connectivity index (χ0) is 21.1. The van der Waals surface area contributed by atoms with Gasteiger partial charge >= 0.3 is 0 Å². The van der Waals surface area contributed by atoms with E-state index >= 15 is 0 Å². The van der Waals surface area contributed by atoms with Gasteiger partial charge in [-0.05, 0) is 29.8 Å². The van der Waals surface area contributed by atoms with E-state index in [4.69, 9.17) is 32.7 Å². The fourth-order valence-electron chi connectivity index (χ4n) is 3.66. The van der Waals surface area contributed by atoms with Gasteiger partial charge in [0.15, 0.2) is 0 Å². The number of carbonyl (C=O) groups is 1. The molecule has 3 aromatic rings. The molecule has 1 amide bonds. The van der Waals surface area contributed by atoms with Gasteiger partial charge in [-0.25, -0.2) is 0 Å². The van der Waals surface area contributed by atoms with Crippen molar-refractivity contribution in [1.29, 1.82) is 0 Å². The number of rotatable bonds is 6. The molecule has 158 valence electrons. The second-order valence-electron chi connectivity index (χ2n) is 7.01. The Bertz CT molecular complexity index is 1030. The van der Waals surface area contributed by atoms with Gasteiger partial charge in [-0.15, -0.1) is 11.3 Å². The number of halogens is 2. The van der Waals surface area contributed by atoms with E-state index in [2.05, 4.69) is 10.2 Å². The second kappa shape index (κ2) is 9.54. The topological polar surface area (TPSA) is 50.8 Å². The first-order chi connectivity index (χ1) is 14.6. The number of ether oxygens (including phenoxy) is 2. The summed E-state index contributed by atoms with van der Waals surface area (Å²) in [4.78, 5) is 15.8. The van der Waals surface area contributed by atoms with E-state index < -0.39 is 0 Å². The zero-order valence-corrected chi connectivity index (χ0v) is 18.8. The molecule has 0 bridgehead atoms. The van der Waals surface area contributed by atoms with Crippen LogP contribution in [0.1, 0.15) is 21.3 Å². The average molecular weight is 465 g/mol. The molecule has 0 aliphatic carbocycles. The van der Waals surface area contributed by atoms with Gasteiger partial charge in [-0.2, -0.15) is 0 Å². The lowest BCUT2D eigenvalue weighted by Gasteiger charge is -2.35. The zero-order valence-electron chi connectivity index (χ0n) is 16.5. The lowest BCUT2D eigenvalue weighted by atomic mass is 10.0. The van der Waals surface area contributed by atoms with Crippen LogP contribution >= 0.6 is 34.5 Å². The summed E-state index contributed by atoms with van der Waals surface area (Å²) in [5, 5.41) is 4.77. The van der Waals surface area contributed by atoms with Crippen molar-refractivity contribution in [2.24, 2.45) is 0 Å². The van der Waals surface area contributed by atoms with Crippen LogP contribution in [0.4, 0.5) is 0 Å². The summed E-state index contributed by atoms with van der Waals surface area (Å²) in [5.41, 5.74) is 1.11. The Morgan fingerprint density at radius 2 is 1.93 bits per heavy atom. The molecule has 1 aliphatic rings. The summed E-state index contributed by atoms with van der Waals surface area (Å²) in [5.74, 6) is 0.612. The molecule has 4 rings (SSSR count). The smallest absolute Gasteiger partial charge is 0.262 e. The molecule has 0 radical (unpaired) electrons. The summed E-state index contributed by atoms with van der Waals surface area (Å²) in [6.07, 6.45) is 0. The van der Waals surface area contributed by atoms with E-state index in [-0.39, 0.29) is 11.9 Å². The van der Waals surface area contributed by atoms with Gasteiger partial charge in [0.1, 0.15) is 10.6 Å². The lowest BCUT2D eigenvalue weighted by Crippen LogP contribution is -2.43. The van der Waals surface area contributed by atoms with Gasteiger partial charge in [0.25, 0.3) is 5.91 Å². The molecule has 0 spiro atoms. The number of benzene rings is 2. The predicted molar refractivity (Wildman–Crippen MR) is 122 cm³/mol. The van der Waals surface area contributed by atoms with Crippen molar-refractivity contribution in [1.82, 2.24) is 10.2 Å². The van der Waals surface area contributed by atoms with Gasteiger partial charge in [0.05, 0.1) is 36.4 Å². The summed E-state index contributed by atoms with van der Waals surface area (Å²) >= 11 is 14.1. The van der Waals surface area contributed by atoms with Crippen molar-refractivity contribution in [3.63, 3.8) is 0 Å². The SMILES string of the molecule is COc1ccc(C(CNC(=O)c2sc3cccc(Cl)c3c2Cl)N2CCOCC2)cc1. The summed E-state index contributed by atoms with van der Waals surface area (Å²) < 4.78 is 11.7. The van der Waals surface area contributed by atoms with Gasteiger partial charge in [0.2, 0.25) is 0 Å². The quantitative estimate of drug-likeness (QED) is 0.556. The van der Waals surface area contributed by atoms with E-state index in [1.807, 2.05) is 36.4 Å². The Morgan fingerprint density at radius 1 is 1.20 bits per heavy atom. The van der Waals surface area contributed by atoms with Gasteiger partial charge in [-0.1, -0.05) is 41.4 Å². The van der Waals surface area contributed by atoms with Crippen LogP contribution in [0.3, 0.4) is 0 Å². The van der Waals surface area contributed by atoms with Crippen LogP contribution in [0.2, 0.25) is 10.0 Å². The molecule has 1 fully saturated rings. The predicted octanol–water partition coefficient (Wildman–Crippen LogP) is 5.02. The molecule has 1 saturated heterocycles. The highest BCUT2D eigenvalue weighted by Crippen LogP contribution is 2.39. The number of hydrogen-bond donors (Lipinski definition) is 1. The number of nitrogens with one attached hydrogen (secondary N) is 1. The highest BCUT2D eigenvalue weighted by molar-refractivity contribution is 7.21. The summed E-state index contributed by atoms with van der Waals surface area (Å²) in [7, 11) is 1.65. The van der Waals surface area contributed by atoms with Crippen LogP contribution < -0.4 is 10.1 Å². The minimum absolute atomic E-state index is 0.0282. The standard InChI is InChI=1S/C22H22Cl2N2O3S/c1-28-15-7-5-14(6-8-15)17(26-9-11-29-12-10-26)13-25-22(27)21-20(24)19-16(23)3-2-4-18(19)30-21/h2-8,17H,9-13H2,1H3,(H,25,27). The van der Waals surface area contributed by atoms with E-state index in [9.17, 15) is 4.79 Å². The number of nitrogens with zero attached hydrogens (tertiary/aromatic N) is 1. The number of methoxy groups -OCH3 is 1. The number of thiophene rings is 1. The Morgan fingerprint density at radius 3 is 2.60 bits per heavy atom. The van der Waals surface area contributed by atoms with Crippen molar-refractivity contribution in [2.45, 2.75) is 6.04 Å². The molecule has 30 heavy (non-hydrogen) atoms. The number of morpholine rings is 1. The molecule has 1 aromatic heterocycles. The van der Waals surface area contributed by atoms with Crippen LogP contribution in [0, 0.1) is 0 Å². The summed E-state index contributed by atoms with van der Waals surface area (Å²) in [6, 6.07) is 13.5. The number of carbonyl (C=O) groups excluding carboxylic acids is 1. The highest BCUT2D eigenvalue weighted by atomic mass is 35.5. The van der Waals surface area contributed by atoms with Crippen LogP contribution in [-0.4, -0.2) is 50.8 Å². The first-order valence-electron chi connectivity index (χ1n) is 9.69. The molecule has 1 atom stereocenters. The Kier molecular flexibility index (Phi) is 6.80. The number of fused-ring (bicyclic) bond motifs is 1. The molecule has 8 heteroatoms. The molecule has 1 aliphatic heterocycles. The molecule has 2 aromatic carbocycles. The Hall–Kier alpha value is -1.83. The fourth-order valence-corrected chi connectivity index (χ4v) is 5.53. The van der Waals surface area contributed by atoms with Crippen molar-refractivity contribution in [3.8, 4) is 5.75 Å². The molecule has 2 heterocycles. The third-order valence-electron chi connectivity index (χ3n) is 5.26. The molecule has 0 saturated carbocycles. The Labute approximate surface area is 189 Å². The number of hydrogen-bond acceptors (Lipinski definition) is 5. The van der Waals surface area contributed by atoms with Gasteiger partial charge < -0.3 is 14.8 Å². The first-order valence-corrected chi connectivity index (χ1v) is 11.3. The fraction of sp³-hybridized carbons (Fsp3) is 0.318. The van der Waals surface area contributed by atoms with Crippen molar-refractivity contribution in [3.05, 3.63) is 63.0 Å². The third-order valence-corrected chi connectivity index (χ3v) is 7.21. The van der Waals surface area contributed by atoms with Crippen LogP contribution in [0.5, 0.6) is 5.75 Å². The third kappa shape index (κ3) is 4.43. The van der Waals surface area contributed by atoms with E-state index in [1.165, 1.54) is 11.3 Å². The van der Waals surface area contributed by atoms with Crippen molar-refractivity contribution >= 4 is 50.5 Å². The van der Waals surface area contributed by atoms with Crippen molar-refractivity contribution < 1.29 is 14.3 Å². The van der Waals surface area contributed by atoms with Gasteiger partial charge in [0, 0.05) is 29.7 Å². The molecule has 1 unspecified atom stereocenters. The first kappa shape index (κ1) is 21.4. The maximum absolute atomic E-state index is 13.0. The maximum atomic E-state index is 13.0. The van der Waals surface area contributed by atoms with Gasteiger partial charge in [-0.3, -0.25) is 9.69 Å². The molecular formula is C22H22Cl2N2O3S. The summed E-state index contributed by atoms with van der Waals surface area (Å²) in [6.45, 7) is 3.45. The minimum atomic E-state index is -0.191. The van der Waals surface area contributed by atoms with E-state index in [0.717, 1.165) is 34.5 Å². The molecular weight excluding hydrogens is 443 g/mol. The second-order valence-corrected chi connectivity index (χ2v) is 8.84. The average Bonchev–Trinajstić information content (AvgIpc) is 3.13. The van der Waals surface area contributed by atoms with Crippen LogP contribution in [-0.2, 0) is 4.74 Å². The largest absolute Gasteiger partial charge is 0.497 e. The van der Waals surface area contributed by atoms with E-state index in [0.29, 0.717) is 34.7 Å². The highest BCUT2D eigenvalue weighted by Gasteiger charge is 2.25. The normalized spacial score (nSPS) is 15.8. The van der Waals surface area contributed by atoms with E-state index in [1.54, 1.807) is 13.2 Å². The number of amides is 1. The monoisotopic (exact) mass is 464 g/mol. The maximum Gasteiger partial charge on any atom is 0.262 e. The minimum Gasteiger partial charge on any atom is -0.497 e. The molecule has 1 N–H and O–H groups in total. The van der Waals surface area contributed by atoms with Crippen molar-refractivity contribution in [2.75, 3.05) is 40.0 Å². The molecule has 5 nitrogen and oxygen atoms in total. The van der Waals surface area contributed by atoms with Crippen LogP contribution in [0.15, 0.2) is 42.5 Å².